The lowest BCUT2D eigenvalue weighted by Gasteiger charge is -2.13. The van der Waals surface area contributed by atoms with Gasteiger partial charge in [-0.05, 0) is 25.5 Å². The molecule has 9 heteroatoms. The van der Waals surface area contributed by atoms with Gasteiger partial charge in [-0.2, -0.15) is 4.98 Å². The second-order valence-electron chi connectivity index (χ2n) is 4.74. The highest BCUT2D eigenvalue weighted by Crippen LogP contribution is 2.25. The first kappa shape index (κ1) is 17.0. The van der Waals surface area contributed by atoms with E-state index in [9.17, 15) is 9.90 Å². The third kappa shape index (κ3) is 3.54. The van der Waals surface area contributed by atoms with E-state index >= 15 is 0 Å². The topological polar surface area (TPSA) is 101 Å². The first-order chi connectivity index (χ1) is 10.5. The molecule has 3 heterocycles. The molecule has 0 radical (unpaired) electrons. The third-order valence-corrected chi connectivity index (χ3v) is 4.06. The molecule has 23 heavy (non-hydrogen) atoms. The van der Waals surface area contributed by atoms with Crippen LogP contribution in [0.15, 0.2) is 24.5 Å². The molecule has 0 saturated heterocycles. The van der Waals surface area contributed by atoms with Gasteiger partial charge < -0.3 is 10.4 Å². The molecular weight excluding hydrogens is 338 g/mol. The summed E-state index contributed by atoms with van der Waals surface area (Å²) in [5, 5.41) is 13.2. The predicted octanol–water partition coefficient (Wildman–Crippen LogP) is 3.08. The van der Waals surface area contributed by atoms with Crippen LogP contribution in [0.1, 0.15) is 34.0 Å². The molecule has 0 unspecified atom stereocenters. The number of thiazole rings is 1. The number of carboxylic acids is 1. The summed E-state index contributed by atoms with van der Waals surface area (Å²) in [6.07, 6.45) is 3.43. The van der Waals surface area contributed by atoms with Gasteiger partial charge in [-0.25, -0.2) is 14.8 Å². The number of pyridine rings is 1. The molecule has 1 atom stereocenters. The molecule has 0 aliphatic carbocycles. The summed E-state index contributed by atoms with van der Waals surface area (Å²) in [7, 11) is 0. The number of nitrogens with zero attached hydrogens (tertiary/aromatic N) is 4. The van der Waals surface area contributed by atoms with E-state index in [-0.39, 0.29) is 30.1 Å². The lowest BCUT2D eigenvalue weighted by Crippen LogP contribution is -2.12. The first-order valence-corrected chi connectivity index (χ1v) is 7.41. The monoisotopic (exact) mass is 351 g/mol. The standard InChI is InChI=1S/C14H13N5O2S.ClH/c1-7(9-4-3-5-15-6-9)16-14-18-10(13(20)21)11-12(19-14)17-8(2)22-11;/h3-7H,1-2H3,(H,20,21)(H,16,18,19);1H/t7-;/m0./s1. The molecule has 0 amide bonds. The Morgan fingerprint density at radius 3 is 2.78 bits per heavy atom. The summed E-state index contributed by atoms with van der Waals surface area (Å²) < 4.78 is 0.490. The van der Waals surface area contributed by atoms with Gasteiger partial charge in [0, 0.05) is 12.4 Å². The molecule has 120 valence electrons. The van der Waals surface area contributed by atoms with Gasteiger partial charge in [-0.1, -0.05) is 6.07 Å². The van der Waals surface area contributed by atoms with Gasteiger partial charge in [-0.3, -0.25) is 4.98 Å². The zero-order valence-corrected chi connectivity index (χ0v) is 14.0. The van der Waals surface area contributed by atoms with Gasteiger partial charge in [-0.15, -0.1) is 23.7 Å². The quantitative estimate of drug-likeness (QED) is 0.744. The van der Waals surface area contributed by atoms with E-state index in [1.807, 2.05) is 26.0 Å². The summed E-state index contributed by atoms with van der Waals surface area (Å²) in [4.78, 5) is 28.1. The number of aromatic nitrogens is 4. The first-order valence-electron chi connectivity index (χ1n) is 6.59. The van der Waals surface area contributed by atoms with Crippen LogP contribution in [-0.4, -0.2) is 31.0 Å². The highest BCUT2D eigenvalue weighted by molar-refractivity contribution is 7.18. The molecule has 0 saturated carbocycles. The van der Waals surface area contributed by atoms with Crippen molar-refractivity contribution in [2.45, 2.75) is 19.9 Å². The molecule has 7 nitrogen and oxygen atoms in total. The lowest BCUT2D eigenvalue weighted by atomic mass is 10.1. The van der Waals surface area contributed by atoms with Crippen molar-refractivity contribution in [1.82, 2.24) is 19.9 Å². The molecule has 0 aliphatic rings. The van der Waals surface area contributed by atoms with E-state index < -0.39 is 5.97 Å². The minimum Gasteiger partial charge on any atom is -0.476 e. The molecule has 3 aromatic heterocycles. The zero-order valence-electron chi connectivity index (χ0n) is 12.3. The van der Waals surface area contributed by atoms with Crippen LogP contribution >= 0.6 is 23.7 Å². The highest BCUT2D eigenvalue weighted by atomic mass is 35.5. The fourth-order valence-corrected chi connectivity index (χ4v) is 2.89. The van der Waals surface area contributed by atoms with Crippen LogP contribution in [0.5, 0.6) is 0 Å². The van der Waals surface area contributed by atoms with Gasteiger partial charge in [0.25, 0.3) is 0 Å². The van der Waals surface area contributed by atoms with Crippen LogP contribution in [0.3, 0.4) is 0 Å². The second kappa shape index (κ2) is 6.84. The number of hydrogen-bond donors (Lipinski definition) is 2. The summed E-state index contributed by atoms with van der Waals surface area (Å²) in [6.45, 7) is 3.74. The Morgan fingerprint density at radius 1 is 1.35 bits per heavy atom. The van der Waals surface area contributed by atoms with Gasteiger partial charge >= 0.3 is 5.97 Å². The lowest BCUT2D eigenvalue weighted by molar-refractivity contribution is 0.0693. The summed E-state index contributed by atoms with van der Waals surface area (Å²) in [5.41, 5.74) is 1.32. The molecule has 0 fully saturated rings. The maximum Gasteiger partial charge on any atom is 0.356 e. The largest absolute Gasteiger partial charge is 0.476 e. The number of halogens is 1. The number of anilines is 1. The number of aromatic carboxylic acids is 1. The fraction of sp³-hybridized carbons (Fsp3) is 0.214. The second-order valence-corrected chi connectivity index (χ2v) is 5.94. The van der Waals surface area contributed by atoms with E-state index in [0.717, 1.165) is 10.6 Å². The highest BCUT2D eigenvalue weighted by Gasteiger charge is 2.18. The van der Waals surface area contributed by atoms with E-state index in [1.165, 1.54) is 11.3 Å². The van der Waals surface area contributed by atoms with Crippen LogP contribution in [-0.2, 0) is 0 Å². The van der Waals surface area contributed by atoms with Gasteiger partial charge in [0.05, 0.1) is 11.0 Å². The Labute approximate surface area is 142 Å². The molecule has 3 aromatic rings. The number of carbonyl (C=O) groups is 1. The summed E-state index contributed by atoms with van der Waals surface area (Å²) in [5.74, 6) is -0.848. The Morgan fingerprint density at radius 2 is 2.13 bits per heavy atom. The number of aryl methyl sites for hydroxylation is 1. The third-order valence-electron chi connectivity index (χ3n) is 3.09. The summed E-state index contributed by atoms with van der Waals surface area (Å²) >= 11 is 1.28. The van der Waals surface area contributed by atoms with E-state index in [1.54, 1.807) is 12.4 Å². The van der Waals surface area contributed by atoms with Gasteiger partial charge in [0.1, 0.15) is 4.70 Å². The minimum absolute atomic E-state index is 0. The van der Waals surface area contributed by atoms with Gasteiger partial charge in [0.15, 0.2) is 11.3 Å². The fourth-order valence-electron chi connectivity index (χ4n) is 2.05. The van der Waals surface area contributed by atoms with Crippen molar-refractivity contribution >= 4 is 46.0 Å². The molecular formula is C14H14ClN5O2S. The number of nitrogens with one attached hydrogen (secondary N) is 1. The number of hydrogen-bond acceptors (Lipinski definition) is 7. The normalized spacial score (nSPS) is 11.7. The SMILES string of the molecule is Cc1nc2nc(N[C@@H](C)c3cccnc3)nc(C(=O)O)c2s1.Cl. The van der Waals surface area contributed by atoms with Crippen LogP contribution in [0, 0.1) is 6.92 Å². The average molecular weight is 352 g/mol. The van der Waals surface area contributed by atoms with Gasteiger partial charge in [0.2, 0.25) is 5.95 Å². The van der Waals surface area contributed by atoms with Crippen LogP contribution in [0.25, 0.3) is 10.3 Å². The Hall–Kier alpha value is -2.32. The Bertz CT molecular complexity index is 840. The van der Waals surface area contributed by atoms with Crippen LogP contribution < -0.4 is 5.32 Å². The van der Waals surface area contributed by atoms with Crippen LogP contribution in [0.4, 0.5) is 5.95 Å². The maximum absolute atomic E-state index is 11.4. The molecule has 0 bridgehead atoms. The van der Waals surface area contributed by atoms with Crippen molar-refractivity contribution < 1.29 is 9.90 Å². The molecule has 3 rings (SSSR count). The van der Waals surface area contributed by atoms with E-state index in [0.29, 0.717) is 10.3 Å². The summed E-state index contributed by atoms with van der Waals surface area (Å²) in [6, 6.07) is 3.66. The van der Waals surface area contributed by atoms with Crippen molar-refractivity contribution in [3.63, 3.8) is 0 Å². The van der Waals surface area contributed by atoms with Crippen LogP contribution in [0.2, 0.25) is 0 Å². The predicted molar refractivity (Wildman–Crippen MR) is 90.4 cm³/mol. The smallest absolute Gasteiger partial charge is 0.356 e. The Balaban J connectivity index is 0.00000192. The van der Waals surface area contributed by atoms with Crippen molar-refractivity contribution in [2.24, 2.45) is 0 Å². The average Bonchev–Trinajstić information content (AvgIpc) is 2.87. The number of carboxylic acid groups (broad SMARTS) is 1. The van der Waals surface area contributed by atoms with E-state index in [2.05, 4.69) is 25.3 Å². The maximum atomic E-state index is 11.4. The van der Waals surface area contributed by atoms with Crippen molar-refractivity contribution in [1.29, 1.82) is 0 Å². The van der Waals surface area contributed by atoms with Crippen molar-refractivity contribution in [2.75, 3.05) is 5.32 Å². The molecule has 0 spiro atoms. The number of rotatable bonds is 4. The van der Waals surface area contributed by atoms with Crippen molar-refractivity contribution in [3.05, 3.63) is 40.8 Å². The Kier molecular flexibility index (Phi) is 5.07. The number of fused-ring (bicyclic) bond motifs is 1. The van der Waals surface area contributed by atoms with Crippen molar-refractivity contribution in [3.8, 4) is 0 Å². The zero-order chi connectivity index (χ0) is 15.7. The molecule has 2 N–H and O–H groups in total. The molecule has 0 aliphatic heterocycles. The molecule has 0 aromatic carbocycles. The minimum atomic E-state index is -1.09. The van der Waals surface area contributed by atoms with E-state index in [4.69, 9.17) is 0 Å².